The third-order valence-corrected chi connectivity index (χ3v) is 9.86. The number of fused-ring (bicyclic) bond motifs is 4. The molecule has 2 aromatic carbocycles. The molecule has 6 atom stereocenters. The van der Waals surface area contributed by atoms with Crippen molar-refractivity contribution in [3.8, 4) is 11.1 Å². The second kappa shape index (κ2) is 14.3. The molecule has 2 saturated heterocycles. The van der Waals surface area contributed by atoms with Crippen molar-refractivity contribution >= 4 is 29.9 Å². The molecule has 0 radical (unpaired) electrons. The Hall–Kier alpha value is -4.97. The van der Waals surface area contributed by atoms with Crippen LogP contribution in [0.25, 0.3) is 11.1 Å². The first kappa shape index (κ1) is 35.3. The lowest BCUT2D eigenvalue weighted by Crippen LogP contribution is -2.64. The zero-order valence-electron chi connectivity index (χ0n) is 28.2. The van der Waals surface area contributed by atoms with E-state index < -0.39 is 71.7 Å². The van der Waals surface area contributed by atoms with Crippen LogP contribution in [0.4, 0.5) is 4.79 Å². The average molecular weight is 675 g/mol. The summed E-state index contributed by atoms with van der Waals surface area (Å²) in [6.07, 6.45) is 4.20. The quantitative estimate of drug-likeness (QED) is 0.193. The van der Waals surface area contributed by atoms with Gasteiger partial charge in [-0.2, -0.15) is 0 Å². The molecule has 12 heteroatoms. The number of ether oxygens (including phenoxy) is 4. The number of amides is 2. The normalized spacial score (nSPS) is 25.5. The summed E-state index contributed by atoms with van der Waals surface area (Å²) < 4.78 is 21.9. The van der Waals surface area contributed by atoms with Crippen molar-refractivity contribution in [2.45, 2.75) is 63.4 Å². The Labute approximate surface area is 285 Å². The van der Waals surface area contributed by atoms with Crippen LogP contribution < -0.4 is 5.32 Å². The van der Waals surface area contributed by atoms with Crippen LogP contribution in [0.15, 0.2) is 72.8 Å². The number of esters is 3. The lowest BCUT2D eigenvalue weighted by molar-refractivity contribution is -0.161. The SMILES string of the molecule is CC(=O)OC[C@@]12C(=O)O[C@@H](C[C@@H](C)[C@@H](/C=C/C=C/CNC(=O)OCC3c4ccccc4-c4ccccc43)OC(C)=O)[C@]1(O)[C@@H](C)C(=O)N2C. The van der Waals surface area contributed by atoms with Crippen LogP contribution in [0.1, 0.15) is 51.2 Å². The highest BCUT2D eigenvalue weighted by Crippen LogP contribution is 2.52. The molecule has 12 nitrogen and oxygen atoms in total. The number of likely N-dealkylation sites (N-methyl/N-ethyl adjacent to an activating group) is 1. The number of rotatable bonds is 12. The molecule has 5 rings (SSSR count). The molecule has 3 aliphatic rings. The summed E-state index contributed by atoms with van der Waals surface area (Å²) in [5, 5.41) is 14.7. The van der Waals surface area contributed by atoms with Crippen LogP contribution in [-0.2, 0) is 38.1 Å². The van der Waals surface area contributed by atoms with Crippen molar-refractivity contribution in [2.75, 3.05) is 26.8 Å². The van der Waals surface area contributed by atoms with Crippen LogP contribution in [0.2, 0.25) is 0 Å². The summed E-state index contributed by atoms with van der Waals surface area (Å²) in [6.45, 7) is 5.51. The molecule has 2 aromatic rings. The van der Waals surface area contributed by atoms with Crippen LogP contribution in [0.3, 0.4) is 0 Å². The number of likely N-dealkylation sites (tertiary alicyclic amines) is 1. The van der Waals surface area contributed by atoms with E-state index in [1.54, 1.807) is 31.2 Å². The molecule has 0 unspecified atom stereocenters. The van der Waals surface area contributed by atoms with Crippen LogP contribution in [-0.4, -0.2) is 90.1 Å². The first-order valence-electron chi connectivity index (χ1n) is 16.3. The van der Waals surface area contributed by atoms with Gasteiger partial charge < -0.3 is 34.3 Å². The number of allylic oxidation sites excluding steroid dienone is 2. The molecule has 1 aliphatic carbocycles. The van der Waals surface area contributed by atoms with Gasteiger partial charge in [0, 0.05) is 39.3 Å². The van der Waals surface area contributed by atoms with E-state index in [9.17, 15) is 29.1 Å². The maximum Gasteiger partial charge on any atom is 0.407 e. The molecule has 2 fully saturated rings. The molecule has 0 aromatic heterocycles. The number of nitrogens with one attached hydrogen (secondary N) is 1. The molecule has 0 bridgehead atoms. The minimum atomic E-state index is -2.01. The van der Waals surface area contributed by atoms with E-state index in [-0.39, 0.29) is 25.5 Å². The minimum absolute atomic E-state index is 0.0326. The second-order valence-electron chi connectivity index (χ2n) is 12.8. The summed E-state index contributed by atoms with van der Waals surface area (Å²) in [5.41, 5.74) is 0.624. The van der Waals surface area contributed by atoms with Crippen LogP contribution >= 0.6 is 0 Å². The number of aliphatic hydroxyl groups is 1. The molecule has 2 heterocycles. The fourth-order valence-electron chi connectivity index (χ4n) is 7.28. The molecular formula is C37H42N2O10. The number of carbonyl (C=O) groups excluding carboxylic acids is 5. The molecule has 2 amide bonds. The smallest absolute Gasteiger partial charge is 0.407 e. The van der Waals surface area contributed by atoms with Gasteiger partial charge in [0.1, 0.15) is 25.4 Å². The fourth-order valence-corrected chi connectivity index (χ4v) is 7.28. The van der Waals surface area contributed by atoms with Crippen molar-refractivity contribution in [1.29, 1.82) is 0 Å². The highest BCUT2D eigenvalue weighted by molar-refractivity contribution is 5.98. The highest BCUT2D eigenvalue weighted by atomic mass is 16.6. The number of nitrogens with zero attached hydrogens (tertiary/aromatic N) is 1. The lowest BCUT2D eigenvalue weighted by Gasteiger charge is -2.38. The van der Waals surface area contributed by atoms with Gasteiger partial charge in [-0.1, -0.05) is 80.6 Å². The zero-order chi connectivity index (χ0) is 35.5. The Morgan fingerprint density at radius 2 is 1.63 bits per heavy atom. The van der Waals surface area contributed by atoms with Gasteiger partial charge in [-0.15, -0.1) is 0 Å². The van der Waals surface area contributed by atoms with Gasteiger partial charge in [-0.3, -0.25) is 14.4 Å². The molecule has 2 N–H and O–H groups in total. The van der Waals surface area contributed by atoms with E-state index in [1.165, 1.54) is 20.9 Å². The Balaban J connectivity index is 1.17. The van der Waals surface area contributed by atoms with Crippen molar-refractivity contribution in [3.63, 3.8) is 0 Å². The largest absolute Gasteiger partial charge is 0.463 e. The number of hydrogen-bond donors (Lipinski definition) is 2. The maximum absolute atomic E-state index is 13.2. The third-order valence-electron chi connectivity index (χ3n) is 9.86. The number of carbonyl (C=O) groups is 5. The Bertz CT molecular complexity index is 1640. The molecule has 49 heavy (non-hydrogen) atoms. The summed E-state index contributed by atoms with van der Waals surface area (Å²) in [6, 6.07) is 16.2. The number of benzene rings is 2. The standard InChI is InChI=1S/C37H42N2O10/c1-22(19-32-37(45)23(2)33(42)39(5)36(37,34(43)49-32)21-47-24(3)40)31(48-25(4)41)17-7-6-12-18-38-35(44)46-20-30-28-15-10-8-13-26(28)27-14-9-11-16-29(27)30/h6-17,22-23,30-32,45H,18-21H2,1-5H3,(H,38,44)/b12-6+,17-7+/t22-,23+,31-,32+,36-,37-/m1/s1. The Morgan fingerprint density at radius 3 is 2.24 bits per heavy atom. The predicted octanol–water partition coefficient (Wildman–Crippen LogP) is 3.66. The first-order valence-corrected chi connectivity index (χ1v) is 16.3. The second-order valence-corrected chi connectivity index (χ2v) is 12.8. The van der Waals surface area contributed by atoms with Crippen molar-refractivity contribution in [3.05, 3.63) is 84.0 Å². The number of cyclic esters (lactones) is 1. The van der Waals surface area contributed by atoms with E-state index in [1.807, 2.05) is 24.3 Å². The Kier molecular flexibility index (Phi) is 10.3. The van der Waals surface area contributed by atoms with Crippen molar-refractivity contribution in [2.24, 2.45) is 11.8 Å². The van der Waals surface area contributed by atoms with Gasteiger partial charge in [-0.05, 0) is 34.8 Å². The van der Waals surface area contributed by atoms with Gasteiger partial charge in [0.05, 0.1) is 5.92 Å². The topological polar surface area (TPSA) is 158 Å². The molecule has 260 valence electrons. The van der Waals surface area contributed by atoms with Gasteiger partial charge >= 0.3 is 24.0 Å². The van der Waals surface area contributed by atoms with E-state index in [0.717, 1.165) is 34.1 Å². The van der Waals surface area contributed by atoms with Gasteiger partial charge in [0.15, 0.2) is 5.60 Å². The van der Waals surface area contributed by atoms with Gasteiger partial charge in [-0.25, -0.2) is 9.59 Å². The third kappa shape index (κ3) is 6.44. The van der Waals surface area contributed by atoms with Crippen LogP contribution in [0, 0.1) is 11.8 Å². The van der Waals surface area contributed by atoms with Crippen molar-refractivity contribution < 1.29 is 48.0 Å². The summed E-state index contributed by atoms with van der Waals surface area (Å²) in [5.74, 6) is -4.15. The maximum atomic E-state index is 13.2. The number of alkyl carbamates (subject to hydrolysis) is 1. The minimum Gasteiger partial charge on any atom is -0.463 e. The van der Waals surface area contributed by atoms with Crippen LogP contribution in [0.5, 0.6) is 0 Å². The van der Waals surface area contributed by atoms with E-state index in [2.05, 4.69) is 29.6 Å². The summed E-state index contributed by atoms with van der Waals surface area (Å²) in [7, 11) is 1.37. The van der Waals surface area contributed by atoms with Gasteiger partial charge in [0.2, 0.25) is 11.4 Å². The molecular weight excluding hydrogens is 632 g/mol. The molecule has 0 saturated carbocycles. The summed E-state index contributed by atoms with van der Waals surface area (Å²) >= 11 is 0. The fraction of sp³-hybridized carbons (Fsp3) is 0.432. The average Bonchev–Trinajstić information content (AvgIpc) is 3.56. The van der Waals surface area contributed by atoms with E-state index in [0.29, 0.717) is 0 Å². The summed E-state index contributed by atoms with van der Waals surface area (Å²) in [4.78, 5) is 63.4. The van der Waals surface area contributed by atoms with Gasteiger partial charge in [0.25, 0.3) is 0 Å². The Morgan fingerprint density at radius 1 is 1.00 bits per heavy atom. The monoisotopic (exact) mass is 674 g/mol. The first-order chi connectivity index (χ1) is 23.3. The lowest BCUT2D eigenvalue weighted by atomic mass is 9.72. The number of hydrogen-bond acceptors (Lipinski definition) is 10. The highest BCUT2D eigenvalue weighted by Gasteiger charge is 2.78. The van der Waals surface area contributed by atoms with Crippen molar-refractivity contribution in [1.82, 2.24) is 10.2 Å². The molecule has 0 spiro atoms. The zero-order valence-corrected chi connectivity index (χ0v) is 28.2. The molecule has 2 aliphatic heterocycles. The van der Waals surface area contributed by atoms with E-state index >= 15 is 0 Å². The predicted molar refractivity (Wildman–Crippen MR) is 177 cm³/mol. The van der Waals surface area contributed by atoms with E-state index in [4.69, 9.17) is 18.9 Å².